The fourth-order valence-electron chi connectivity index (χ4n) is 2.29. The van der Waals surface area contributed by atoms with Crippen LogP contribution in [0.1, 0.15) is 58.4 Å². The molecule has 1 rings (SSSR count). The van der Waals surface area contributed by atoms with Gasteiger partial charge in [-0.3, -0.25) is 0 Å². The molecule has 0 fully saturated rings. The van der Waals surface area contributed by atoms with E-state index in [9.17, 15) is 4.39 Å². The van der Waals surface area contributed by atoms with Crippen molar-refractivity contribution in [3.05, 3.63) is 23.5 Å². The monoisotopic (exact) mass is 297 g/mol. The average Bonchev–Trinajstić information content (AvgIpc) is 2.47. The topological polar surface area (TPSA) is 44.5 Å². The Kier molecular flexibility index (Phi) is 7.51. The predicted molar refractivity (Wildman–Crippen MR) is 84.7 cm³/mol. The van der Waals surface area contributed by atoms with Crippen molar-refractivity contribution < 1.29 is 13.9 Å². The lowest BCUT2D eigenvalue weighted by Crippen LogP contribution is -2.19. The highest BCUT2D eigenvalue weighted by molar-refractivity contribution is 5.44. The lowest BCUT2D eigenvalue weighted by atomic mass is 9.93. The van der Waals surface area contributed by atoms with Gasteiger partial charge >= 0.3 is 0 Å². The average molecular weight is 297 g/mol. The second-order valence-corrected chi connectivity index (χ2v) is 5.33. The number of benzene rings is 1. The predicted octanol–water partition coefficient (Wildman–Crippen LogP) is 4.24. The second kappa shape index (κ2) is 8.88. The van der Waals surface area contributed by atoms with Gasteiger partial charge in [0.15, 0.2) is 11.5 Å². The molecule has 0 saturated heterocycles. The van der Waals surface area contributed by atoms with Crippen molar-refractivity contribution in [2.75, 3.05) is 13.2 Å². The van der Waals surface area contributed by atoms with E-state index in [1.54, 1.807) is 6.07 Å². The van der Waals surface area contributed by atoms with E-state index in [1.807, 2.05) is 20.8 Å². The van der Waals surface area contributed by atoms with Gasteiger partial charge in [-0.15, -0.1) is 0 Å². The van der Waals surface area contributed by atoms with Crippen LogP contribution in [0.3, 0.4) is 0 Å². The van der Waals surface area contributed by atoms with Crippen LogP contribution in [-0.2, 0) is 0 Å². The summed E-state index contributed by atoms with van der Waals surface area (Å²) < 4.78 is 25.3. The Morgan fingerprint density at radius 2 is 1.62 bits per heavy atom. The van der Waals surface area contributed by atoms with Crippen LogP contribution in [0.2, 0.25) is 0 Å². The van der Waals surface area contributed by atoms with Gasteiger partial charge in [-0.1, -0.05) is 13.8 Å². The van der Waals surface area contributed by atoms with Crippen LogP contribution < -0.4 is 15.2 Å². The lowest BCUT2D eigenvalue weighted by molar-refractivity contribution is 0.285. The minimum absolute atomic E-state index is 0.109. The molecule has 0 aliphatic carbocycles. The normalized spacial score (nSPS) is 13.8. The van der Waals surface area contributed by atoms with E-state index in [0.29, 0.717) is 30.3 Å². The first-order valence-corrected chi connectivity index (χ1v) is 7.87. The molecule has 0 aromatic heterocycles. The van der Waals surface area contributed by atoms with E-state index in [4.69, 9.17) is 15.2 Å². The Bertz CT molecular complexity index is 437. The summed E-state index contributed by atoms with van der Waals surface area (Å²) in [6, 6.07) is 3.39. The summed E-state index contributed by atoms with van der Waals surface area (Å²) in [5.41, 5.74) is 6.61. The van der Waals surface area contributed by atoms with Gasteiger partial charge in [-0.05, 0) is 50.7 Å². The maximum Gasteiger partial charge on any atom is 0.164 e. The van der Waals surface area contributed by atoms with Gasteiger partial charge in [-0.2, -0.15) is 0 Å². The quantitative estimate of drug-likeness (QED) is 0.741. The van der Waals surface area contributed by atoms with E-state index in [-0.39, 0.29) is 17.8 Å². The zero-order valence-corrected chi connectivity index (χ0v) is 13.6. The number of hydrogen-bond donors (Lipinski definition) is 1. The van der Waals surface area contributed by atoms with Crippen molar-refractivity contribution in [2.24, 2.45) is 5.73 Å². The number of halogens is 1. The smallest absolute Gasteiger partial charge is 0.164 e. The maximum absolute atomic E-state index is 14.3. The number of ether oxygens (including phenoxy) is 2. The first kappa shape index (κ1) is 17.8. The van der Waals surface area contributed by atoms with Gasteiger partial charge in [0.25, 0.3) is 0 Å². The molecule has 0 spiro atoms. The van der Waals surface area contributed by atoms with Gasteiger partial charge < -0.3 is 15.2 Å². The molecule has 2 atom stereocenters. The summed E-state index contributed by atoms with van der Waals surface area (Å²) in [6.07, 6.45) is 2.71. The van der Waals surface area contributed by atoms with Crippen LogP contribution in [0.25, 0.3) is 0 Å². The third-order valence-corrected chi connectivity index (χ3v) is 3.69. The van der Waals surface area contributed by atoms with Gasteiger partial charge in [0, 0.05) is 12.1 Å². The van der Waals surface area contributed by atoms with Gasteiger partial charge in [0.1, 0.15) is 5.82 Å². The molecule has 21 heavy (non-hydrogen) atoms. The molecular formula is C17H28FNO2. The third-order valence-electron chi connectivity index (χ3n) is 3.69. The SMILES string of the molecule is CCOc1cc(F)c(C(C)CCC(N)CC)cc1OCC. The summed E-state index contributed by atoms with van der Waals surface area (Å²) in [6.45, 7) is 8.88. The molecule has 4 heteroatoms. The summed E-state index contributed by atoms with van der Waals surface area (Å²) >= 11 is 0. The van der Waals surface area contributed by atoms with Crippen molar-refractivity contribution in [1.82, 2.24) is 0 Å². The van der Waals surface area contributed by atoms with E-state index in [2.05, 4.69) is 6.92 Å². The zero-order chi connectivity index (χ0) is 15.8. The molecule has 2 unspecified atom stereocenters. The maximum atomic E-state index is 14.3. The molecule has 0 saturated carbocycles. The van der Waals surface area contributed by atoms with Gasteiger partial charge in [0.05, 0.1) is 13.2 Å². The van der Waals surface area contributed by atoms with Crippen molar-refractivity contribution in [3.63, 3.8) is 0 Å². The molecule has 1 aromatic rings. The Morgan fingerprint density at radius 1 is 1.05 bits per heavy atom. The number of hydrogen-bond acceptors (Lipinski definition) is 3. The Labute approximate surface area is 127 Å². The molecule has 0 aliphatic rings. The molecule has 0 amide bonds. The fourth-order valence-corrected chi connectivity index (χ4v) is 2.29. The van der Waals surface area contributed by atoms with Crippen molar-refractivity contribution in [1.29, 1.82) is 0 Å². The van der Waals surface area contributed by atoms with Crippen LogP contribution in [-0.4, -0.2) is 19.3 Å². The number of nitrogens with two attached hydrogens (primary N) is 1. The first-order chi connectivity index (χ1) is 10.0. The van der Waals surface area contributed by atoms with E-state index >= 15 is 0 Å². The van der Waals surface area contributed by atoms with Crippen LogP contribution in [0.5, 0.6) is 11.5 Å². The molecule has 2 N–H and O–H groups in total. The van der Waals surface area contributed by atoms with Crippen LogP contribution in [0, 0.1) is 5.82 Å². The Balaban J connectivity index is 2.92. The highest BCUT2D eigenvalue weighted by atomic mass is 19.1. The molecule has 0 heterocycles. The van der Waals surface area contributed by atoms with Crippen molar-refractivity contribution in [3.8, 4) is 11.5 Å². The molecule has 3 nitrogen and oxygen atoms in total. The van der Waals surface area contributed by atoms with Crippen LogP contribution in [0.4, 0.5) is 4.39 Å². The Hall–Kier alpha value is -1.29. The minimum Gasteiger partial charge on any atom is -0.490 e. The number of rotatable bonds is 9. The summed E-state index contributed by atoms with van der Waals surface area (Å²) in [7, 11) is 0. The Morgan fingerprint density at radius 3 is 2.14 bits per heavy atom. The summed E-state index contributed by atoms with van der Waals surface area (Å²) in [4.78, 5) is 0. The largest absolute Gasteiger partial charge is 0.490 e. The van der Waals surface area contributed by atoms with Gasteiger partial charge in [-0.25, -0.2) is 4.39 Å². The molecule has 0 aliphatic heterocycles. The summed E-state index contributed by atoms with van der Waals surface area (Å²) in [5.74, 6) is 0.956. The molecule has 1 aromatic carbocycles. The molecular weight excluding hydrogens is 269 g/mol. The fraction of sp³-hybridized carbons (Fsp3) is 0.647. The van der Waals surface area contributed by atoms with Crippen molar-refractivity contribution >= 4 is 0 Å². The second-order valence-electron chi connectivity index (χ2n) is 5.33. The van der Waals surface area contributed by atoms with E-state index in [0.717, 1.165) is 19.3 Å². The lowest BCUT2D eigenvalue weighted by Gasteiger charge is -2.18. The molecule has 120 valence electrons. The standard InChI is InChI=1S/C17H28FNO2/c1-5-13(19)9-8-12(4)14-10-16(20-6-2)17(21-7-3)11-15(14)18/h10-13H,5-9,19H2,1-4H3. The zero-order valence-electron chi connectivity index (χ0n) is 13.6. The summed E-state index contributed by atoms with van der Waals surface area (Å²) in [5, 5.41) is 0. The van der Waals surface area contributed by atoms with E-state index < -0.39 is 0 Å². The van der Waals surface area contributed by atoms with Gasteiger partial charge in [0.2, 0.25) is 0 Å². The third kappa shape index (κ3) is 5.20. The highest BCUT2D eigenvalue weighted by Gasteiger charge is 2.17. The first-order valence-electron chi connectivity index (χ1n) is 7.87. The highest BCUT2D eigenvalue weighted by Crippen LogP contribution is 2.35. The van der Waals surface area contributed by atoms with Crippen LogP contribution >= 0.6 is 0 Å². The molecule has 0 bridgehead atoms. The minimum atomic E-state index is -0.237. The molecule has 0 radical (unpaired) electrons. The van der Waals surface area contributed by atoms with Crippen LogP contribution in [0.15, 0.2) is 12.1 Å². The van der Waals surface area contributed by atoms with E-state index in [1.165, 1.54) is 6.07 Å². The van der Waals surface area contributed by atoms with Crippen molar-refractivity contribution in [2.45, 2.75) is 58.9 Å².